The van der Waals surface area contributed by atoms with Gasteiger partial charge in [0.25, 0.3) is 0 Å². The fraction of sp³-hybridized carbons (Fsp3) is 0.500. The summed E-state index contributed by atoms with van der Waals surface area (Å²) in [5.41, 5.74) is 6.03. The van der Waals surface area contributed by atoms with Crippen molar-refractivity contribution in [3.63, 3.8) is 0 Å². The minimum Gasteiger partial charge on any atom is -0.497 e. The molecule has 1 aromatic carbocycles. The van der Waals surface area contributed by atoms with E-state index in [1.165, 1.54) is 0 Å². The van der Waals surface area contributed by atoms with Gasteiger partial charge in [-0.1, -0.05) is 0 Å². The molecule has 0 saturated heterocycles. The summed E-state index contributed by atoms with van der Waals surface area (Å²) >= 11 is 0. The third kappa shape index (κ3) is 6.59. The summed E-state index contributed by atoms with van der Waals surface area (Å²) in [6, 6.07) is 5.04. The summed E-state index contributed by atoms with van der Waals surface area (Å²) in [6.07, 6.45) is 6.74. The highest BCUT2D eigenvalue weighted by molar-refractivity contribution is 8.30. The van der Waals surface area contributed by atoms with Gasteiger partial charge in [0.1, 0.15) is 11.5 Å². The number of nitrogens with two attached hydrogens (primary N) is 1. The van der Waals surface area contributed by atoms with Gasteiger partial charge in [-0.3, -0.25) is 0 Å². The number of anilines is 1. The van der Waals surface area contributed by atoms with Crippen LogP contribution in [0.2, 0.25) is 0 Å². The van der Waals surface area contributed by atoms with E-state index in [0.717, 1.165) is 6.42 Å². The van der Waals surface area contributed by atoms with Crippen LogP contribution < -0.4 is 25.2 Å². The summed E-state index contributed by atoms with van der Waals surface area (Å²) in [4.78, 5) is 12.0. The van der Waals surface area contributed by atoms with E-state index in [1.54, 1.807) is 25.3 Å². The lowest BCUT2D eigenvalue weighted by Crippen LogP contribution is -2.30. The summed E-state index contributed by atoms with van der Waals surface area (Å²) in [6.45, 7) is 1.07. The van der Waals surface area contributed by atoms with Crippen LogP contribution in [0.25, 0.3) is 0 Å². The van der Waals surface area contributed by atoms with Crippen LogP contribution >= 0.6 is 10.2 Å². The van der Waals surface area contributed by atoms with Gasteiger partial charge >= 0.3 is 6.03 Å². The number of amides is 2. The first kappa shape index (κ1) is 17.5. The quantitative estimate of drug-likeness (QED) is 0.673. The zero-order valence-electron chi connectivity index (χ0n) is 13.1. The second-order valence-corrected chi connectivity index (χ2v) is 9.12. The van der Waals surface area contributed by atoms with E-state index in [2.05, 4.69) is 10.0 Å². The Labute approximate surface area is 127 Å². The molecule has 1 aromatic rings. The zero-order chi connectivity index (χ0) is 15.9. The van der Waals surface area contributed by atoms with Crippen LogP contribution in [0.5, 0.6) is 11.5 Å². The molecule has 0 spiro atoms. The van der Waals surface area contributed by atoms with E-state index in [1.807, 2.05) is 18.8 Å². The molecule has 0 aliphatic rings. The summed E-state index contributed by atoms with van der Waals surface area (Å²) < 4.78 is 13.7. The Bertz CT molecular complexity index is 475. The van der Waals surface area contributed by atoms with Gasteiger partial charge in [0, 0.05) is 6.07 Å². The van der Waals surface area contributed by atoms with E-state index < -0.39 is 10.2 Å². The third-order valence-electron chi connectivity index (χ3n) is 2.44. The van der Waals surface area contributed by atoms with E-state index in [0.29, 0.717) is 30.3 Å². The minimum absolute atomic E-state index is 0.255. The highest BCUT2D eigenvalue weighted by Gasteiger charge is 2.13. The maximum absolute atomic E-state index is 12.0. The number of urea groups is 1. The minimum atomic E-state index is -1.14. The molecule has 21 heavy (non-hydrogen) atoms. The first-order valence-corrected chi connectivity index (χ1v) is 9.49. The fourth-order valence-electron chi connectivity index (χ4n) is 1.55. The summed E-state index contributed by atoms with van der Waals surface area (Å²) in [7, 11) is 0.433. The topological polar surface area (TPSA) is 85.6 Å². The van der Waals surface area contributed by atoms with Gasteiger partial charge < -0.3 is 25.2 Å². The number of carbonyl (C=O) groups is 1. The smallest absolute Gasteiger partial charge is 0.327 e. The van der Waals surface area contributed by atoms with E-state index in [9.17, 15) is 4.79 Å². The maximum Gasteiger partial charge on any atom is 0.327 e. The third-order valence-corrected chi connectivity index (χ3v) is 3.24. The number of benzene rings is 1. The number of methoxy groups -OCH3 is 1. The molecule has 0 fully saturated rings. The van der Waals surface area contributed by atoms with E-state index in [4.69, 9.17) is 15.2 Å². The van der Waals surface area contributed by atoms with Crippen molar-refractivity contribution in [2.24, 2.45) is 5.73 Å². The molecule has 0 radical (unpaired) electrons. The Balaban J connectivity index is 2.83. The van der Waals surface area contributed by atoms with Crippen molar-refractivity contribution in [2.75, 3.05) is 44.3 Å². The molecule has 6 nitrogen and oxygen atoms in total. The molecule has 0 aliphatic carbocycles. The number of carbonyl (C=O) groups excluding carboxylic acids is 1. The number of hydrogen-bond donors (Lipinski definition) is 3. The van der Waals surface area contributed by atoms with Gasteiger partial charge in [0.05, 0.1) is 19.4 Å². The molecule has 0 aromatic heterocycles. The summed E-state index contributed by atoms with van der Waals surface area (Å²) in [5.74, 6) is 1.25. The Morgan fingerprint density at radius 3 is 2.62 bits per heavy atom. The van der Waals surface area contributed by atoms with Crippen molar-refractivity contribution in [2.45, 2.75) is 6.42 Å². The van der Waals surface area contributed by atoms with Crippen molar-refractivity contribution >= 4 is 21.9 Å². The molecule has 0 atom stereocenters. The summed E-state index contributed by atoms with van der Waals surface area (Å²) in [5, 5.41) is 2.80. The highest BCUT2D eigenvalue weighted by Crippen LogP contribution is 2.31. The molecule has 4 N–H and O–H groups in total. The Morgan fingerprint density at radius 2 is 2.05 bits per heavy atom. The Hall–Kier alpha value is -1.60. The lowest BCUT2D eigenvalue weighted by Gasteiger charge is -2.27. The molecular weight excluding hydrogens is 290 g/mol. The largest absolute Gasteiger partial charge is 0.497 e. The number of nitrogens with one attached hydrogen (secondary N) is 2. The van der Waals surface area contributed by atoms with E-state index >= 15 is 0 Å². The van der Waals surface area contributed by atoms with Crippen LogP contribution in [0.15, 0.2) is 18.2 Å². The molecule has 1 rings (SSSR count). The monoisotopic (exact) mass is 315 g/mol. The van der Waals surface area contributed by atoms with Crippen molar-refractivity contribution in [1.29, 1.82) is 0 Å². The molecule has 7 heteroatoms. The average Bonchev–Trinajstić information content (AvgIpc) is 2.38. The van der Waals surface area contributed by atoms with Crippen LogP contribution in [-0.4, -0.2) is 45.1 Å². The fourth-order valence-corrected chi connectivity index (χ4v) is 2.16. The van der Waals surface area contributed by atoms with Crippen molar-refractivity contribution < 1.29 is 14.3 Å². The lowest BCUT2D eigenvalue weighted by atomic mass is 10.2. The maximum atomic E-state index is 12.0. The molecular formula is C14H25N3O3S. The van der Waals surface area contributed by atoms with Crippen LogP contribution in [0.4, 0.5) is 10.5 Å². The van der Waals surface area contributed by atoms with Crippen molar-refractivity contribution in [3.8, 4) is 11.5 Å². The predicted molar refractivity (Wildman–Crippen MR) is 89.7 cm³/mol. The molecule has 0 saturated carbocycles. The number of hydrogen-bond acceptors (Lipinski definition) is 4. The second kappa shape index (κ2) is 7.99. The molecule has 0 unspecified atom stereocenters. The molecule has 0 aliphatic heterocycles. The second-order valence-electron chi connectivity index (χ2n) is 5.25. The normalized spacial score (nSPS) is 11.7. The highest BCUT2D eigenvalue weighted by atomic mass is 32.3. The van der Waals surface area contributed by atoms with Crippen LogP contribution in [0.1, 0.15) is 6.42 Å². The Kier molecular flexibility index (Phi) is 6.64. The van der Waals surface area contributed by atoms with Gasteiger partial charge in [0.2, 0.25) is 0 Å². The first-order chi connectivity index (χ1) is 9.85. The predicted octanol–water partition coefficient (Wildman–Crippen LogP) is 2.15. The SMILES string of the molecule is COc1ccc(OCCCN)c(NC(=O)NS(C)(C)C)c1. The first-order valence-electron chi connectivity index (χ1n) is 6.63. The molecule has 0 heterocycles. The van der Waals surface area contributed by atoms with Gasteiger partial charge in [0.15, 0.2) is 0 Å². The van der Waals surface area contributed by atoms with Gasteiger partial charge in [-0.2, -0.15) is 10.2 Å². The lowest BCUT2D eigenvalue weighted by molar-refractivity contribution is 0.256. The van der Waals surface area contributed by atoms with Gasteiger partial charge in [-0.25, -0.2) is 4.79 Å². The Morgan fingerprint density at radius 1 is 1.33 bits per heavy atom. The molecule has 120 valence electrons. The number of rotatable bonds is 7. The van der Waals surface area contributed by atoms with Crippen LogP contribution in [0.3, 0.4) is 0 Å². The van der Waals surface area contributed by atoms with Gasteiger partial charge in [-0.15, -0.1) is 0 Å². The average molecular weight is 315 g/mol. The van der Waals surface area contributed by atoms with Gasteiger partial charge in [-0.05, 0) is 43.9 Å². The molecule has 0 bridgehead atoms. The van der Waals surface area contributed by atoms with Crippen molar-refractivity contribution in [3.05, 3.63) is 18.2 Å². The zero-order valence-corrected chi connectivity index (χ0v) is 13.9. The number of ether oxygens (including phenoxy) is 2. The van der Waals surface area contributed by atoms with E-state index in [-0.39, 0.29) is 6.03 Å². The van der Waals surface area contributed by atoms with Crippen LogP contribution in [0, 0.1) is 0 Å². The molecule has 2 amide bonds. The van der Waals surface area contributed by atoms with Crippen molar-refractivity contribution in [1.82, 2.24) is 4.72 Å². The van der Waals surface area contributed by atoms with Crippen LogP contribution in [-0.2, 0) is 0 Å². The standard InChI is InChI=1S/C14H25N3O3S/c1-19-11-6-7-13(20-9-5-8-15)12(10-11)16-14(18)17-21(2,3)4/h6-7,10H,5,8-9,15H2,1-4H3,(H2,16,17,18).